The molecule has 0 aliphatic carbocycles. The fraction of sp³-hybridized carbons (Fsp3) is 0.353. The number of aromatic nitrogens is 1. The monoisotopic (exact) mass is 348 g/mol. The van der Waals surface area contributed by atoms with Crippen molar-refractivity contribution in [1.82, 2.24) is 10.3 Å². The summed E-state index contributed by atoms with van der Waals surface area (Å²) in [6.07, 6.45) is 4.74. The summed E-state index contributed by atoms with van der Waals surface area (Å²) in [5.74, 6) is 1.61. The molecule has 112 valence electrons. The van der Waals surface area contributed by atoms with Crippen LogP contribution in [0.4, 0.5) is 0 Å². The third-order valence-electron chi connectivity index (χ3n) is 3.17. The van der Waals surface area contributed by atoms with Crippen LogP contribution in [0.5, 0.6) is 11.5 Å². The van der Waals surface area contributed by atoms with E-state index in [0.717, 1.165) is 41.0 Å². The number of halogens is 1. The first-order valence-electron chi connectivity index (χ1n) is 7.19. The van der Waals surface area contributed by atoms with Gasteiger partial charge in [0.25, 0.3) is 0 Å². The van der Waals surface area contributed by atoms with Crippen molar-refractivity contribution in [2.24, 2.45) is 0 Å². The van der Waals surface area contributed by atoms with Crippen molar-refractivity contribution in [2.75, 3.05) is 6.54 Å². The van der Waals surface area contributed by atoms with Gasteiger partial charge in [-0.15, -0.1) is 0 Å². The minimum atomic E-state index is 0.770. The van der Waals surface area contributed by atoms with E-state index in [1.54, 1.807) is 6.20 Å². The molecule has 0 saturated carbocycles. The van der Waals surface area contributed by atoms with Gasteiger partial charge in [-0.05, 0) is 61.7 Å². The summed E-state index contributed by atoms with van der Waals surface area (Å²) in [6.45, 7) is 8.11. The van der Waals surface area contributed by atoms with Gasteiger partial charge in [-0.1, -0.05) is 22.9 Å². The Kier molecular flexibility index (Phi) is 5.76. The van der Waals surface area contributed by atoms with E-state index in [0.29, 0.717) is 0 Å². The molecule has 0 amide bonds. The first-order valence-corrected chi connectivity index (χ1v) is 7.98. The Morgan fingerprint density at radius 1 is 1.10 bits per heavy atom. The molecule has 1 N–H and O–H groups in total. The van der Waals surface area contributed by atoms with Crippen molar-refractivity contribution in [3.63, 3.8) is 0 Å². The van der Waals surface area contributed by atoms with Crippen LogP contribution in [-0.4, -0.2) is 11.5 Å². The molecule has 1 heterocycles. The highest BCUT2D eigenvalue weighted by Crippen LogP contribution is 2.29. The van der Waals surface area contributed by atoms with Gasteiger partial charge in [0.2, 0.25) is 0 Å². The zero-order valence-electron chi connectivity index (χ0n) is 12.7. The number of aryl methyl sites for hydroxylation is 2. The third kappa shape index (κ3) is 4.55. The quantitative estimate of drug-likeness (QED) is 0.764. The fourth-order valence-electron chi connectivity index (χ4n) is 2.13. The maximum atomic E-state index is 5.93. The van der Waals surface area contributed by atoms with E-state index in [4.69, 9.17) is 4.74 Å². The normalized spacial score (nSPS) is 10.7. The number of nitrogens with one attached hydrogen (secondary N) is 1. The summed E-state index contributed by atoms with van der Waals surface area (Å²) in [5.41, 5.74) is 3.46. The largest absolute Gasteiger partial charge is 0.456 e. The highest BCUT2D eigenvalue weighted by molar-refractivity contribution is 9.10. The standard InChI is InChI=1S/C17H21BrN2O/c1-4-5-19-9-14-8-16(11-20-10-14)21-15-6-12(2)17(18)13(3)7-15/h6-8,10-11,19H,4-5,9H2,1-3H3. The predicted octanol–water partition coefficient (Wildman–Crippen LogP) is 4.75. The fourth-order valence-corrected chi connectivity index (χ4v) is 2.36. The Balaban J connectivity index is 2.11. The predicted molar refractivity (Wildman–Crippen MR) is 89.9 cm³/mol. The Morgan fingerprint density at radius 3 is 2.48 bits per heavy atom. The number of benzene rings is 1. The molecule has 0 radical (unpaired) electrons. The highest BCUT2D eigenvalue weighted by Gasteiger charge is 2.05. The zero-order chi connectivity index (χ0) is 15.2. The SMILES string of the molecule is CCCNCc1cncc(Oc2cc(C)c(Br)c(C)c2)c1. The summed E-state index contributed by atoms with van der Waals surface area (Å²) in [6, 6.07) is 6.08. The first-order chi connectivity index (χ1) is 10.1. The van der Waals surface area contributed by atoms with Crippen LogP contribution >= 0.6 is 15.9 Å². The molecule has 0 spiro atoms. The molecule has 0 fully saturated rings. The molecule has 0 atom stereocenters. The second-order valence-corrected chi connectivity index (χ2v) is 5.97. The van der Waals surface area contributed by atoms with Crippen LogP contribution < -0.4 is 10.1 Å². The molecule has 0 aliphatic heterocycles. The molecule has 21 heavy (non-hydrogen) atoms. The van der Waals surface area contributed by atoms with Crippen LogP contribution in [0.2, 0.25) is 0 Å². The van der Waals surface area contributed by atoms with Crippen LogP contribution in [0.25, 0.3) is 0 Å². The Bertz CT molecular complexity index is 590. The highest BCUT2D eigenvalue weighted by atomic mass is 79.9. The lowest BCUT2D eigenvalue weighted by Crippen LogP contribution is -2.13. The minimum absolute atomic E-state index is 0.770. The molecule has 3 nitrogen and oxygen atoms in total. The average Bonchev–Trinajstić information content (AvgIpc) is 2.45. The molecule has 1 aromatic heterocycles. The molecule has 2 rings (SSSR count). The van der Waals surface area contributed by atoms with Gasteiger partial charge >= 0.3 is 0 Å². The summed E-state index contributed by atoms with van der Waals surface area (Å²) >= 11 is 3.57. The molecule has 0 bridgehead atoms. The van der Waals surface area contributed by atoms with Crippen molar-refractivity contribution in [1.29, 1.82) is 0 Å². The van der Waals surface area contributed by atoms with E-state index in [1.165, 1.54) is 11.1 Å². The Hall–Kier alpha value is -1.39. The molecule has 1 aromatic carbocycles. The van der Waals surface area contributed by atoms with E-state index >= 15 is 0 Å². The van der Waals surface area contributed by atoms with Crippen LogP contribution in [0.3, 0.4) is 0 Å². The second-order valence-electron chi connectivity index (χ2n) is 5.18. The number of ether oxygens (including phenoxy) is 1. The van der Waals surface area contributed by atoms with E-state index in [2.05, 4.69) is 47.0 Å². The molecule has 0 unspecified atom stereocenters. The van der Waals surface area contributed by atoms with Crippen LogP contribution in [0.15, 0.2) is 35.1 Å². The topological polar surface area (TPSA) is 34.2 Å². The third-order valence-corrected chi connectivity index (χ3v) is 4.42. The van der Waals surface area contributed by atoms with Gasteiger partial charge in [0.05, 0.1) is 6.20 Å². The van der Waals surface area contributed by atoms with Crippen molar-refractivity contribution in [2.45, 2.75) is 33.7 Å². The van der Waals surface area contributed by atoms with Gasteiger partial charge in [0.1, 0.15) is 11.5 Å². The van der Waals surface area contributed by atoms with E-state index in [1.807, 2.05) is 24.4 Å². The van der Waals surface area contributed by atoms with Crippen LogP contribution in [0.1, 0.15) is 30.0 Å². The van der Waals surface area contributed by atoms with Gasteiger partial charge in [-0.3, -0.25) is 4.98 Å². The average molecular weight is 349 g/mol. The van der Waals surface area contributed by atoms with Crippen LogP contribution in [0, 0.1) is 13.8 Å². The molecular formula is C17H21BrN2O. The molecule has 0 saturated heterocycles. The number of nitrogens with zero attached hydrogens (tertiary/aromatic N) is 1. The summed E-state index contributed by atoms with van der Waals surface area (Å²) < 4.78 is 7.06. The summed E-state index contributed by atoms with van der Waals surface area (Å²) in [7, 11) is 0. The number of hydrogen-bond donors (Lipinski definition) is 1. The van der Waals surface area contributed by atoms with E-state index < -0.39 is 0 Å². The van der Waals surface area contributed by atoms with Gasteiger partial charge in [-0.2, -0.15) is 0 Å². The number of hydrogen-bond acceptors (Lipinski definition) is 3. The van der Waals surface area contributed by atoms with Gasteiger partial charge in [0, 0.05) is 17.2 Å². The van der Waals surface area contributed by atoms with Crippen molar-refractivity contribution >= 4 is 15.9 Å². The summed E-state index contributed by atoms with van der Waals surface area (Å²) in [4.78, 5) is 4.25. The van der Waals surface area contributed by atoms with Crippen molar-refractivity contribution in [3.8, 4) is 11.5 Å². The van der Waals surface area contributed by atoms with Gasteiger partial charge in [-0.25, -0.2) is 0 Å². The van der Waals surface area contributed by atoms with Crippen molar-refractivity contribution in [3.05, 3.63) is 51.8 Å². The van der Waals surface area contributed by atoms with Gasteiger partial charge < -0.3 is 10.1 Å². The smallest absolute Gasteiger partial charge is 0.146 e. The van der Waals surface area contributed by atoms with E-state index in [9.17, 15) is 0 Å². The van der Waals surface area contributed by atoms with Gasteiger partial charge in [0.15, 0.2) is 0 Å². The first kappa shape index (κ1) is 16.0. The lowest BCUT2D eigenvalue weighted by molar-refractivity contribution is 0.478. The number of rotatable bonds is 6. The zero-order valence-corrected chi connectivity index (χ0v) is 14.3. The minimum Gasteiger partial charge on any atom is -0.456 e. The molecule has 4 heteroatoms. The number of pyridine rings is 1. The Morgan fingerprint density at radius 2 is 1.81 bits per heavy atom. The summed E-state index contributed by atoms with van der Waals surface area (Å²) in [5, 5.41) is 3.37. The maximum Gasteiger partial charge on any atom is 0.146 e. The Labute approximate surface area is 134 Å². The maximum absolute atomic E-state index is 5.93. The lowest BCUT2D eigenvalue weighted by atomic mass is 10.1. The molecule has 2 aromatic rings. The lowest BCUT2D eigenvalue weighted by Gasteiger charge is -2.10. The van der Waals surface area contributed by atoms with E-state index in [-0.39, 0.29) is 0 Å². The van der Waals surface area contributed by atoms with Crippen molar-refractivity contribution < 1.29 is 4.74 Å². The molecule has 0 aliphatic rings. The second kappa shape index (κ2) is 7.57. The molecular weight excluding hydrogens is 328 g/mol. The van der Waals surface area contributed by atoms with Crippen LogP contribution in [-0.2, 0) is 6.54 Å².